The molecule has 1 aliphatic rings. The number of ketones is 1. The van der Waals surface area contributed by atoms with Gasteiger partial charge in [0, 0.05) is 31.1 Å². The van der Waals surface area contributed by atoms with Gasteiger partial charge in [0.1, 0.15) is 5.75 Å². The molecule has 6 heteroatoms. The van der Waals surface area contributed by atoms with Gasteiger partial charge in [-0.3, -0.25) is 9.59 Å². The van der Waals surface area contributed by atoms with Crippen LogP contribution in [0.5, 0.6) is 5.75 Å². The number of halogens is 2. The Balaban J connectivity index is 1.61. The highest BCUT2D eigenvalue weighted by atomic mass is 35.5. The van der Waals surface area contributed by atoms with Gasteiger partial charge in [0.05, 0.1) is 10.0 Å². The van der Waals surface area contributed by atoms with E-state index in [4.69, 9.17) is 27.9 Å². The number of carbonyl (C=O) groups is 2. The number of likely N-dealkylation sites (N-methyl/N-ethyl adjacent to an activating group) is 1. The molecule has 0 fully saturated rings. The Morgan fingerprint density at radius 1 is 1.16 bits per heavy atom. The number of hydrogen-bond acceptors (Lipinski definition) is 3. The molecule has 4 nitrogen and oxygen atoms in total. The lowest BCUT2D eigenvalue weighted by atomic mass is 10.1. The van der Waals surface area contributed by atoms with E-state index in [0.717, 1.165) is 11.1 Å². The minimum absolute atomic E-state index is 0.0809. The lowest BCUT2D eigenvalue weighted by Gasteiger charge is -2.18. The molecule has 0 bridgehead atoms. The summed E-state index contributed by atoms with van der Waals surface area (Å²) in [6.45, 7) is 0.326. The lowest BCUT2D eigenvalue weighted by molar-refractivity contribution is -0.132. The van der Waals surface area contributed by atoms with E-state index in [2.05, 4.69) is 0 Å². The van der Waals surface area contributed by atoms with Crippen molar-refractivity contribution in [3.8, 4) is 5.75 Å². The summed E-state index contributed by atoms with van der Waals surface area (Å²) < 4.78 is 5.67. The van der Waals surface area contributed by atoms with Crippen LogP contribution >= 0.6 is 23.2 Å². The molecular formula is C19H17Cl2NO3. The Morgan fingerprint density at radius 2 is 1.96 bits per heavy atom. The number of ether oxygens (including phenoxy) is 1. The maximum absolute atomic E-state index is 12.3. The monoisotopic (exact) mass is 377 g/mol. The third kappa shape index (κ3) is 3.97. The van der Waals surface area contributed by atoms with Crippen LogP contribution in [0.2, 0.25) is 10.0 Å². The predicted octanol–water partition coefficient (Wildman–Crippen LogP) is 4.16. The molecule has 0 heterocycles. The molecular weight excluding hydrogens is 361 g/mol. The molecule has 0 saturated heterocycles. The second kappa shape index (κ2) is 7.46. The van der Waals surface area contributed by atoms with Crippen molar-refractivity contribution in [1.82, 2.24) is 4.90 Å². The van der Waals surface area contributed by atoms with Crippen molar-refractivity contribution < 1.29 is 14.3 Å². The third-order valence-corrected chi connectivity index (χ3v) is 4.96. The molecule has 0 atom stereocenters. The molecule has 0 radical (unpaired) electrons. The van der Waals surface area contributed by atoms with Crippen molar-refractivity contribution in [3.63, 3.8) is 0 Å². The van der Waals surface area contributed by atoms with Gasteiger partial charge in [0.25, 0.3) is 5.91 Å². The SMILES string of the molecule is CN(Cc1ccc(Cl)c(Cl)c1)C(=O)COc1cccc2c1CCC2=O. The molecule has 3 rings (SSSR count). The topological polar surface area (TPSA) is 46.6 Å². The predicted molar refractivity (Wildman–Crippen MR) is 97.5 cm³/mol. The number of carbonyl (C=O) groups excluding carboxylic acids is 2. The molecule has 0 saturated carbocycles. The number of rotatable bonds is 5. The zero-order valence-corrected chi connectivity index (χ0v) is 15.2. The molecule has 1 aliphatic carbocycles. The quantitative estimate of drug-likeness (QED) is 0.785. The fraction of sp³-hybridized carbons (Fsp3) is 0.263. The molecule has 130 valence electrons. The van der Waals surface area contributed by atoms with Gasteiger partial charge in [0.15, 0.2) is 12.4 Å². The van der Waals surface area contributed by atoms with Crippen LogP contribution in [0.25, 0.3) is 0 Å². The van der Waals surface area contributed by atoms with Crippen molar-refractivity contribution >= 4 is 34.9 Å². The normalized spacial score (nSPS) is 12.8. The zero-order chi connectivity index (χ0) is 18.0. The van der Waals surface area contributed by atoms with Crippen LogP contribution in [0.3, 0.4) is 0 Å². The van der Waals surface area contributed by atoms with E-state index in [9.17, 15) is 9.59 Å². The van der Waals surface area contributed by atoms with E-state index in [1.165, 1.54) is 0 Å². The number of fused-ring (bicyclic) bond motifs is 1. The largest absolute Gasteiger partial charge is 0.483 e. The smallest absolute Gasteiger partial charge is 0.260 e. The van der Waals surface area contributed by atoms with Crippen LogP contribution in [0, 0.1) is 0 Å². The van der Waals surface area contributed by atoms with Gasteiger partial charge in [-0.2, -0.15) is 0 Å². The molecule has 0 aromatic heterocycles. The van der Waals surface area contributed by atoms with Gasteiger partial charge >= 0.3 is 0 Å². The summed E-state index contributed by atoms with van der Waals surface area (Å²) in [4.78, 5) is 25.6. The number of hydrogen-bond donors (Lipinski definition) is 0. The Morgan fingerprint density at radius 3 is 2.72 bits per heavy atom. The van der Waals surface area contributed by atoms with Crippen molar-refractivity contribution in [1.29, 1.82) is 0 Å². The van der Waals surface area contributed by atoms with E-state index in [1.807, 2.05) is 6.07 Å². The van der Waals surface area contributed by atoms with Crippen molar-refractivity contribution in [2.75, 3.05) is 13.7 Å². The fourth-order valence-electron chi connectivity index (χ4n) is 2.84. The first-order chi connectivity index (χ1) is 12.0. The Kier molecular flexibility index (Phi) is 5.30. The van der Waals surface area contributed by atoms with Gasteiger partial charge < -0.3 is 9.64 Å². The first kappa shape index (κ1) is 17.8. The van der Waals surface area contributed by atoms with Crippen molar-refractivity contribution in [3.05, 3.63) is 63.1 Å². The number of Topliss-reactive ketones (excluding diaryl/α,β-unsaturated/α-hetero) is 1. The van der Waals surface area contributed by atoms with Gasteiger partial charge in [-0.1, -0.05) is 41.4 Å². The number of benzene rings is 2. The van der Waals surface area contributed by atoms with Gasteiger partial charge in [-0.25, -0.2) is 0 Å². The number of amides is 1. The van der Waals surface area contributed by atoms with Crippen LogP contribution in [0.15, 0.2) is 36.4 Å². The van der Waals surface area contributed by atoms with Crippen LogP contribution in [0.4, 0.5) is 0 Å². The first-order valence-corrected chi connectivity index (χ1v) is 8.67. The third-order valence-electron chi connectivity index (χ3n) is 4.22. The van der Waals surface area contributed by atoms with E-state index >= 15 is 0 Å². The van der Waals surface area contributed by atoms with E-state index in [1.54, 1.807) is 42.3 Å². The highest BCUT2D eigenvalue weighted by molar-refractivity contribution is 6.42. The van der Waals surface area contributed by atoms with E-state index < -0.39 is 0 Å². The van der Waals surface area contributed by atoms with Crippen molar-refractivity contribution in [2.24, 2.45) is 0 Å². The summed E-state index contributed by atoms with van der Waals surface area (Å²) >= 11 is 11.9. The first-order valence-electron chi connectivity index (χ1n) is 7.91. The highest BCUT2D eigenvalue weighted by Gasteiger charge is 2.23. The summed E-state index contributed by atoms with van der Waals surface area (Å²) in [6, 6.07) is 10.7. The standard InChI is InChI=1S/C19H17Cl2NO3/c1-22(10-12-5-7-15(20)16(21)9-12)19(24)11-25-18-4-2-3-13-14(18)6-8-17(13)23/h2-5,7,9H,6,8,10-11H2,1H3. The average Bonchev–Trinajstić information content (AvgIpc) is 2.98. The second-order valence-electron chi connectivity index (χ2n) is 5.99. The average molecular weight is 378 g/mol. The molecule has 2 aromatic rings. The summed E-state index contributed by atoms with van der Waals surface area (Å²) in [5.74, 6) is 0.580. The molecule has 0 spiro atoms. The molecule has 25 heavy (non-hydrogen) atoms. The molecule has 0 N–H and O–H groups in total. The zero-order valence-electron chi connectivity index (χ0n) is 13.7. The van der Waals surface area contributed by atoms with Crippen LogP contribution < -0.4 is 4.74 Å². The second-order valence-corrected chi connectivity index (χ2v) is 6.81. The summed E-state index contributed by atoms with van der Waals surface area (Å²) in [6.07, 6.45) is 1.17. The maximum Gasteiger partial charge on any atom is 0.260 e. The summed E-state index contributed by atoms with van der Waals surface area (Å²) in [7, 11) is 1.70. The Bertz CT molecular complexity index is 835. The van der Waals surface area contributed by atoms with E-state index in [-0.39, 0.29) is 18.3 Å². The van der Waals surface area contributed by atoms with E-state index in [0.29, 0.717) is 40.7 Å². The summed E-state index contributed by atoms with van der Waals surface area (Å²) in [5.41, 5.74) is 2.48. The lowest BCUT2D eigenvalue weighted by Crippen LogP contribution is -2.31. The molecule has 1 amide bonds. The number of nitrogens with zero attached hydrogens (tertiary/aromatic N) is 1. The van der Waals surface area contributed by atoms with Crippen LogP contribution in [0.1, 0.15) is 27.9 Å². The van der Waals surface area contributed by atoms with Crippen LogP contribution in [-0.4, -0.2) is 30.2 Å². The Hall–Kier alpha value is -2.04. The van der Waals surface area contributed by atoms with Gasteiger partial charge in [-0.15, -0.1) is 0 Å². The van der Waals surface area contributed by atoms with Crippen LogP contribution in [-0.2, 0) is 17.8 Å². The van der Waals surface area contributed by atoms with Crippen molar-refractivity contribution in [2.45, 2.75) is 19.4 Å². The van der Waals surface area contributed by atoms with Gasteiger partial charge in [0.2, 0.25) is 0 Å². The fourth-order valence-corrected chi connectivity index (χ4v) is 3.16. The molecule has 0 unspecified atom stereocenters. The minimum Gasteiger partial charge on any atom is -0.483 e. The minimum atomic E-state index is -0.159. The Labute approximate surface area is 156 Å². The molecule has 0 aliphatic heterocycles. The maximum atomic E-state index is 12.3. The van der Waals surface area contributed by atoms with Gasteiger partial charge in [-0.05, 0) is 30.2 Å². The summed E-state index contributed by atoms with van der Waals surface area (Å²) in [5, 5.41) is 0.941. The highest BCUT2D eigenvalue weighted by Crippen LogP contribution is 2.30. The molecule has 2 aromatic carbocycles.